The van der Waals surface area contributed by atoms with Crippen LogP contribution in [0, 0.1) is 0 Å². The van der Waals surface area contributed by atoms with Gasteiger partial charge in [-0.25, -0.2) is 5.43 Å². The third kappa shape index (κ3) is 5.09. The van der Waals surface area contributed by atoms with E-state index in [4.69, 9.17) is 9.47 Å². The fourth-order valence-corrected chi connectivity index (χ4v) is 2.48. The molecule has 2 rings (SSSR count). The van der Waals surface area contributed by atoms with Crippen LogP contribution in [-0.4, -0.2) is 25.3 Å². The molecule has 5 nitrogen and oxygen atoms in total. The average molecular weight is 391 g/mol. The summed E-state index contributed by atoms with van der Waals surface area (Å²) in [6.45, 7) is 1.86. The van der Waals surface area contributed by atoms with E-state index in [1.165, 1.54) is 0 Å². The normalized spacial score (nSPS) is 11.0. The topological polar surface area (TPSA) is 59.9 Å². The van der Waals surface area contributed by atoms with Crippen molar-refractivity contribution in [3.05, 3.63) is 58.6 Å². The highest BCUT2D eigenvalue weighted by atomic mass is 79.9. The first-order chi connectivity index (χ1) is 11.6. The van der Waals surface area contributed by atoms with E-state index in [1.54, 1.807) is 25.3 Å². The standard InChI is InChI=1S/C18H19BrN2O3/c1-3-16(13-7-5-4-6-8-13)20-21-18(22)12-24-17-10-9-14(23-2)11-15(17)19/h4-11H,3,12H2,1-2H3,(H,21,22)/b20-16-. The fraction of sp³-hybridized carbons (Fsp3) is 0.222. The Hall–Kier alpha value is -2.34. The van der Waals surface area contributed by atoms with Gasteiger partial charge in [0.1, 0.15) is 11.5 Å². The van der Waals surface area contributed by atoms with E-state index >= 15 is 0 Å². The number of carbonyl (C=O) groups excluding carboxylic acids is 1. The maximum atomic E-state index is 11.9. The number of halogens is 1. The Morgan fingerprint density at radius 1 is 1.21 bits per heavy atom. The van der Waals surface area contributed by atoms with E-state index in [9.17, 15) is 4.79 Å². The second-order valence-electron chi connectivity index (χ2n) is 4.90. The van der Waals surface area contributed by atoms with Crippen molar-refractivity contribution >= 4 is 27.5 Å². The van der Waals surface area contributed by atoms with Gasteiger partial charge in [-0.15, -0.1) is 0 Å². The molecule has 0 spiro atoms. The number of carbonyl (C=O) groups is 1. The molecule has 0 atom stereocenters. The predicted octanol–water partition coefficient (Wildman–Crippen LogP) is 3.77. The third-order valence-electron chi connectivity index (χ3n) is 3.26. The Bertz CT molecular complexity index is 717. The second-order valence-corrected chi connectivity index (χ2v) is 5.75. The number of hydrazone groups is 1. The Kier molecular flexibility index (Phi) is 6.81. The first-order valence-electron chi connectivity index (χ1n) is 7.51. The molecule has 0 saturated heterocycles. The van der Waals surface area contributed by atoms with Crippen LogP contribution >= 0.6 is 15.9 Å². The van der Waals surface area contributed by atoms with Crippen molar-refractivity contribution in [1.82, 2.24) is 5.43 Å². The molecule has 0 radical (unpaired) electrons. The number of amides is 1. The Balaban J connectivity index is 1.92. The lowest BCUT2D eigenvalue weighted by Gasteiger charge is -2.09. The van der Waals surface area contributed by atoms with Crippen LogP contribution in [0.2, 0.25) is 0 Å². The molecule has 2 aromatic carbocycles. The van der Waals surface area contributed by atoms with Crippen molar-refractivity contribution in [1.29, 1.82) is 0 Å². The first-order valence-corrected chi connectivity index (χ1v) is 8.30. The van der Waals surface area contributed by atoms with Gasteiger partial charge in [0.15, 0.2) is 6.61 Å². The van der Waals surface area contributed by atoms with Gasteiger partial charge in [0.2, 0.25) is 0 Å². The molecule has 0 saturated carbocycles. The van der Waals surface area contributed by atoms with Crippen LogP contribution in [0.4, 0.5) is 0 Å². The molecule has 6 heteroatoms. The SMILES string of the molecule is CC/C(=N/NC(=O)COc1ccc(OC)cc1Br)c1ccccc1. The summed E-state index contributed by atoms with van der Waals surface area (Å²) < 4.78 is 11.3. The molecule has 0 bridgehead atoms. The summed E-state index contributed by atoms with van der Waals surface area (Å²) in [5.74, 6) is 0.951. The highest BCUT2D eigenvalue weighted by molar-refractivity contribution is 9.10. The molecule has 1 N–H and O–H groups in total. The maximum absolute atomic E-state index is 11.9. The summed E-state index contributed by atoms with van der Waals surface area (Å²) in [4.78, 5) is 11.9. The molecule has 0 aliphatic carbocycles. The summed E-state index contributed by atoms with van der Waals surface area (Å²) in [7, 11) is 1.59. The number of benzene rings is 2. The molecule has 0 unspecified atom stereocenters. The number of nitrogens with one attached hydrogen (secondary N) is 1. The largest absolute Gasteiger partial charge is 0.497 e. The van der Waals surface area contributed by atoms with Crippen LogP contribution in [0.1, 0.15) is 18.9 Å². The van der Waals surface area contributed by atoms with Gasteiger partial charge >= 0.3 is 0 Å². The highest BCUT2D eigenvalue weighted by Crippen LogP contribution is 2.28. The van der Waals surface area contributed by atoms with E-state index < -0.39 is 0 Å². The molecular weight excluding hydrogens is 372 g/mol. The van der Waals surface area contributed by atoms with Gasteiger partial charge in [-0.3, -0.25) is 4.79 Å². The molecular formula is C18H19BrN2O3. The zero-order chi connectivity index (χ0) is 17.4. The maximum Gasteiger partial charge on any atom is 0.277 e. The summed E-state index contributed by atoms with van der Waals surface area (Å²) in [5, 5.41) is 4.18. The van der Waals surface area contributed by atoms with Crippen molar-refractivity contribution in [3.8, 4) is 11.5 Å². The lowest BCUT2D eigenvalue weighted by Crippen LogP contribution is -2.26. The predicted molar refractivity (Wildman–Crippen MR) is 97.6 cm³/mol. The van der Waals surface area contributed by atoms with Gasteiger partial charge in [-0.05, 0) is 46.1 Å². The molecule has 24 heavy (non-hydrogen) atoms. The number of hydrogen-bond donors (Lipinski definition) is 1. The number of nitrogens with zero attached hydrogens (tertiary/aromatic N) is 1. The monoisotopic (exact) mass is 390 g/mol. The second kappa shape index (κ2) is 9.08. The number of rotatable bonds is 7. The molecule has 0 aliphatic rings. The Morgan fingerprint density at radius 2 is 1.96 bits per heavy atom. The Labute approximate surface area is 149 Å². The minimum Gasteiger partial charge on any atom is -0.497 e. The minimum atomic E-state index is -0.320. The van der Waals surface area contributed by atoms with Gasteiger partial charge in [-0.2, -0.15) is 5.10 Å². The van der Waals surface area contributed by atoms with Crippen LogP contribution in [0.15, 0.2) is 58.1 Å². The van der Waals surface area contributed by atoms with Crippen LogP contribution in [0.25, 0.3) is 0 Å². The van der Waals surface area contributed by atoms with E-state index in [0.29, 0.717) is 11.5 Å². The molecule has 0 heterocycles. The molecule has 0 aliphatic heterocycles. The zero-order valence-electron chi connectivity index (χ0n) is 13.6. The van der Waals surface area contributed by atoms with Crippen LogP contribution in [-0.2, 0) is 4.79 Å². The van der Waals surface area contributed by atoms with Crippen molar-refractivity contribution in [2.75, 3.05) is 13.7 Å². The first kappa shape index (κ1) is 18.0. The summed E-state index contributed by atoms with van der Waals surface area (Å²) in [6.07, 6.45) is 0.717. The lowest BCUT2D eigenvalue weighted by atomic mass is 10.1. The Morgan fingerprint density at radius 3 is 2.58 bits per heavy atom. The highest BCUT2D eigenvalue weighted by Gasteiger charge is 2.07. The van der Waals surface area contributed by atoms with E-state index in [1.807, 2.05) is 37.3 Å². The quantitative estimate of drug-likeness (QED) is 0.578. The molecule has 0 aromatic heterocycles. The zero-order valence-corrected chi connectivity index (χ0v) is 15.2. The molecule has 1 amide bonds. The van der Waals surface area contributed by atoms with Crippen molar-refractivity contribution < 1.29 is 14.3 Å². The van der Waals surface area contributed by atoms with Crippen LogP contribution in [0.5, 0.6) is 11.5 Å². The van der Waals surface area contributed by atoms with Crippen molar-refractivity contribution in [3.63, 3.8) is 0 Å². The average Bonchev–Trinajstić information content (AvgIpc) is 2.62. The van der Waals surface area contributed by atoms with Gasteiger partial charge in [0, 0.05) is 0 Å². The lowest BCUT2D eigenvalue weighted by molar-refractivity contribution is -0.123. The number of ether oxygens (including phenoxy) is 2. The fourth-order valence-electron chi connectivity index (χ4n) is 2.01. The van der Waals surface area contributed by atoms with Crippen LogP contribution in [0.3, 0.4) is 0 Å². The van der Waals surface area contributed by atoms with Gasteiger partial charge in [0.05, 0.1) is 17.3 Å². The van der Waals surface area contributed by atoms with E-state index in [-0.39, 0.29) is 12.5 Å². The molecule has 2 aromatic rings. The van der Waals surface area contributed by atoms with Gasteiger partial charge in [-0.1, -0.05) is 37.3 Å². The molecule has 0 fully saturated rings. The number of hydrogen-bond acceptors (Lipinski definition) is 4. The minimum absolute atomic E-state index is 0.125. The summed E-state index contributed by atoms with van der Waals surface area (Å²) >= 11 is 3.38. The van der Waals surface area contributed by atoms with Gasteiger partial charge < -0.3 is 9.47 Å². The van der Waals surface area contributed by atoms with E-state index in [2.05, 4.69) is 26.5 Å². The van der Waals surface area contributed by atoms with Crippen molar-refractivity contribution in [2.45, 2.75) is 13.3 Å². The van der Waals surface area contributed by atoms with E-state index in [0.717, 1.165) is 22.2 Å². The third-order valence-corrected chi connectivity index (χ3v) is 3.87. The molecule has 126 valence electrons. The van der Waals surface area contributed by atoms with Crippen LogP contribution < -0.4 is 14.9 Å². The summed E-state index contributed by atoms with van der Waals surface area (Å²) in [5.41, 5.74) is 4.33. The summed E-state index contributed by atoms with van der Waals surface area (Å²) in [6, 6.07) is 15.0. The smallest absolute Gasteiger partial charge is 0.277 e. The van der Waals surface area contributed by atoms with Crippen molar-refractivity contribution in [2.24, 2.45) is 5.10 Å². The number of methoxy groups -OCH3 is 1. The van der Waals surface area contributed by atoms with Gasteiger partial charge in [0.25, 0.3) is 5.91 Å².